The number of nitrogens with one attached hydrogen (secondary N) is 1. The number of hydrogen-bond acceptors (Lipinski definition) is 5. The molecular weight excluding hydrogens is 755 g/mol. The van der Waals surface area contributed by atoms with Crippen LogP contribution in [-0.2, 0) is 14.3 Å². The van der Waals surface area contributed by atoms with Gasteiger partial charge in [0.15, 0.2) is 0 Å². The van der Waals surface area contributed by atoms with Crippen LogP contribution in [0.3, 0.4) is 0 Å². The fraction of sp³-hybridized carbons (Fsp3) is 0.855. The molecule has 0 saturated carbocycles. The zero-order chi connectivity index (χ0) is 44.5. The molecule has 6 nitrogen and oxygen atoms in total. The lowest BCUT2D eigenvalue weighted by Crippen LogP contribution is -2.46. The molecule has 1 amide bonds. The highest BCUT2D eigenvalue weighted by Crippen LogP contribution is 2.18. The van der Waals surface area contributed by atoms with E-state index in [4.69, 9.17) is 4.74 Å². The lowest BCUT2D eigenvalue weighted by Gasteiger charge is -2.24. The van der Waals surface area contributed by atoms with Crippen LogP contribution in [0.4, 0.5) is 0 Å². The predicted molar refractivity (Wildman–Crippen MR) is 264 cm³/mol. The SMILES string of the molecule is CC/C=C/C=C/C=C/CCCCCCCCCC(=O)OC(CCCCCCCCCCCCCC)CC(=O)NC(CO)C(O)CCCCCCCCCCCCCCCCC. The summed E-state index contributed by atoms with van der Waals surface area (Å²) in [6, 6.07) is -0.700. The molecule has 3 atom stereocenters. The summed E-state index contributed by atoms with van der Waals surface area (Å²) in [7, 11) is 0. The van der Waals surface area contributed by atoms with E-state index in [-0.39, 0.29) is 24.9 Å². The molecule has 0 aliphatic heterocycles. The number of rotatable bonds is 48. The minimum absolute atomic E-state index is 0.0767. The summed E-state index contributed by atoms with van der Waals surface area (Å²) in [5.41, 5.74) is 0. The molecule has 6 heteroatoms. The summed E-state index contributed by atoms with van der Waals surface area (Å²) >= 11 is 0. The van der Waals surface area contributed by atoms with Crippen molar-refractivity contribution in [1.29, 1.82) is 0 Å². The van der Waals surface area contributed by atoms with Crippen molar-refractivity contribution in [1.82, 2.24) is 5.32 Å². The molecule has 0 aliphatic carbocycles. The van der Waals surface area contributed by atoms with Gasteiger partial charge in [0, 0.05) is 6.42 Å². The van der Waals surface area contributed by atoms with E-state index < -0.39 is 18.2 Å². The van der Waals surface area contributed by atoms with Crippen LogP contribution in [0.2, 0.25) is 0 Å². The van der Waals surface area contributed by atoms with Crippen molar-refractivity contribution in [2.45, 2.75) is 296 Å². The number of esters is 1. The first-order valence-corrected chi connectivity index (χ1v) is 26.7. The molecular formula is C55H103NO5. The number of hydrogen-bond donors (Lipinski definition) is 3. The molecule has 0 heterocycles. The highest BCUT2D eigenvalue weighted by Gasteiger charge is 2.24. The highest BCUT2D eigenvalue weighted by molar-refractivity contribution is 5.77. The molecule has 0 radical (unpaired) electrons. The number of allylic oxidation sites excluding steroid dienone is 6. The number of carbonyl (C=O) groups excluding carboxylic acids is 2. The van der Waals surface area contributed by atoms with E-state index in [2.05, 4.69) is 62.5 Å². The second-order valence-corrected chi connectivity index (χ2v) is 18.3. The van der Waals surface area contributed by atoms with Crippen LogP contribution in [0.1, 0.15) is 278 Å². The number of ether oxygens (including phenoxy) is 1. The molecule has 0 saturated heterocycles. The molecule has 61 heavy (non-hydrogen) atoms. The van der Waals surface area contributed by atoms with Crippen molar-refractivity contribution in [3.63, 3.8) is 0 Å². The Hall–Kier alpha value is -1.92. The summed E-state index contributed by atoms with van der Waals surface area (Å²) in [6.45, 7) is 6.37. The fourth-order valence-electron chi connectivity index (χ4n) is 8.26. The molecule has 3 unspecified atom stereocenters. The Kier molecular flexibility index (Phi) is 47.6. The molecule has 0 bridgehead atoms. The molecule has 0 spiro atoms. The largest absolute Gasteiger partial charge is 0.462 e. The second kappa shape index (κ2) is 49.1. The second-order valence-electron chi connectivity index (χ2n) is 18.3. The number of carbonyl (C=O) groups is 2. The molecule has 358 valence electrons. The molecule has 0 fully saturated rings. The predicted octanol–water partition coefficient (Wildman–Crippen LogP) is 16.1. The van der Waals surface area contributed by atoms with E-state index >= 15 is 0 Å². The third-order valence-electron chi connectivity index (χ3n) is 12.3. The first-order chi connectivity index (χ1) is 30.0. The van der Waals surface area contributed by atoms with E-state index in [0.29, 0.717) is 19.3 Å². The monoisotopic (exact) mass is 858 g/mol. The Morgan fingerprint density at radius 3 is 1.33 bits per heavy atom. The van der Waals surface area contributed by atoms with E-state index in [9.17, 15) is 19.8 Å². The van der Waals surface area contributed by atoms with Gasteiger partial charge in [-0.1, -0.05) is 256 Å². The average Bonchev–Trinajstić information content (AvgIpc) is 3.25. The third kappa shape index (κ3) is 44.5. The van der Waals surface area contributed by atoms with Gasteiger partial charge in [-0.15, -0.1) is 0 Å². The van der Waals surface area contributed by atoms with Crippen molar-refractivity contribution in [3.05, 3.63) is 36.5 Å². The molecule has 3 N–H and O–H groups in total. The Morgan fingerprint density at radius 1 is 0.492 bits per heavy atom. The Balaban J connectivity index is 4.51. The van der Waals surface area contributed by atoms with Crippen LogP contribution in [-0.4, -0.2) is 46.9 Å². The van der Waals surface area contributed by atoms with Crippen LogP contribution in [0.5, 0.6) is 0 Å². The third-order valence-corrected chi connectivity index (χ3v) is 12.3. The molecule has 0 aromatic carbocycles. The Morgan fingerprint density at radius 2 is 0.885 bits per heavy atom. The Bertz CT molecular complexity index is 1010. The number of aliphatic hydroxyl groups excluding tert-OH is 2. The summed E-state index contributed by atoms with van der Waals surface area (Å²) < 4.78 is 5.94. The number of amides is 1. The van der Waals surface area contributed by atoms with Crippen molar-refractivity contribution in [3.8, 4) is 0 Å². The summed E-state index contributed by atoms with van der Waals surface area (Å²) in [4.78, 5) is 26.2. The van der Waals surface area contributed by atoms with Crippen molar-refractivity contribution in [2.75, 3.05) is 6.61 Å². The van der Waals surface area contributed by atoms with Crippen LogP contribution >= 0.6 is 0 Å². The molecule has 0 aromatic rings. The highest BCUT2D eigenvalue weighted by atomic mass is 16.5. The van der Waals surface area contributed by atoms with Gasteiger partial charge in [0.1, 0.15) is 6.10 Å². The maximum Gasteiger partial charge on any atom is 0.306 e. The fourth-order valence-corrected chi connectivity index (χ4v) is 8.26. The normalized spacial score (nSPS) is 13.5. The van der Waals surface area contributed by atoms with Crippen LogP contribution in [0, 0.1) is 0 Å². The summed E-state index contributed by atoms with van der Waals surface area (Å²) in [5, 5.41) is 23.8. The zero-order valence-corrected chi connectivity index (χ0v) is 40.8. The van der Waals surface area contributed by atoms with Gasteiger partial charge in [-0.05, 0) is 44.9 Å². The lowest BCUT2D eigenvalue weighted by molar-refractivity contribution is -0.151. The summed E-state index contributed by atoms with van der Waals surface area (Å²) in [6.07, 6.45) is 57.7. The lowest BCUT2D eigenvalue weighted by atomic mass is 10.0. The van der Waals surface area contributed by atoms with Gasteiger partial charge in [0.05, 0.1) is 25.2 Å². The standard InChI is InChI=1S/C55H103NO5/c1-4-7-10-13-16-19-22-25-27-29-32-35-38-41-44-47-53(58)52(50-57)56-54(59)49-51(46-43-40-37-34-31-24-21-18-15-12-9-6-3)61-55(60)48-45-42-39-36-33-30-28-26-23-20-17-14-11-8-5-2/h8,11,14,17,20,23,51-53,57-58H,4-7,9-10,12-13,15-16,18-19,21-22,24-50H2,1-3H3,(H,56,59)/b11-8+,17-14+,23-20+. The van der Waals surface area contributed by atoms with Crippen molar-refractivity contribution >= 4 is 11.9 Å². The van der Waals surface area contributed by atoms with E-state index in [1.54, 1.807) is 0 Å². The number of aliphatic hydroxyl groups is 2. The van der Waals surface area contributed by atoms with Gasteiger partial charge in [-0.2, -0.15) is 0 Å². The van der Waals surface area contributed by atoms with Gasteiger partial charge >= 0.3 is 5.97 Å². The zero-order valence-electron chi connectivity index (χ0n) is 40.8. The van der Waals surface area contributed by atoms with Crippen LogP contribution in [0.15, 0.2) is 36.5 Å². The summed E-state index contributed by atoms with van der Waals surface area (Å²) in [5.74, 6) is -0.475. The van der Waals surface area contributed by atoms with Crippen molar-refractivity contribution < 1.29 is 24.5 Å². The van der Waals surface area contributed by atoms with E-state index in [0.717, 1.165) is 57.8 Å². The van der Waals surface area contributed by atoms with Crippen molar-refractivity contribution in [2.24, 2.45) is 0 Å². The quantitative estimate of drug-likeness (QED) is 0.0322. The smallest absolute Gasteiger partial charge is 0.306 e. The number of unbranched alkanes of at least 4 members (excludes halogenated alkanes) is 32. The maximum absolute atomic E-state index is 13.2. The van der Waals surface area contributed by atoms with E-state index in [1.165, 1.54) is 173 Å². The average molecular weight is 858 g/mol. The van der Waals surface area contributed by atoms with Gasteiger partial charge in [0.2, 0.25) is 5.91 Å². The van der Waals surface area contributed by atoms with Gasteiger partial charge in [-0.3, -0.25) is 9.59 Å². The van der Waals surface area contributed by atoms with Crippen LogP contribution in [0.25, 0.3) is 0 Å². The maximum atomic E-state index is 13.2. The van der Waals surface area contributed by atoms with Gasteiger partial charge in [0.25, 0.3) is 0 Å². The minimum atomic E-state index is -0.787. The van der Waals surface area contributed by atoms with E-state index in [1.807, 2.05) is 0 Å². The first kappa shape index (κ1) is 59.1. The van der Waals surface area contributed by atoms with Gasteiger partial charge < -0.3 is 20.3 Å². The molecule has 0 aliphatic rings. The topological polar surface area (TPSA) is 95.9 Å². The molecule has 0 aromatic heterocycles. The van der Waals surface area contributed by atoms with Gasteiger partial charge in [-0.25, -0.2) is 0 Å². The minimum Gasteiger partial charge on any atom is -0.462 e. The molecule has 0 rings (SSSR count). The first-order valence-electron chi connectivity index (χ1n) is 26.7. The van der Waals surface area contributed by atoms with Crippen LogP contribution < -0.4 is 5.32 Å². The Labute approximate surface area is 379 Å².